The van der Waals surface area contributed by atoms with Crippen LogP contribution in [0, 0.1) is 0 Å². The summed E-state index contributed by atoms with van der Waals surface area (Å²) in [6, 6.07) is 13.4. The first-order valence-corrected chi connectivity index (χ1v) is 9.68. The first-order chi connectivity index (χ1) is 11.8. The fraction of sp³-hybridized carbons (Fsp3) is 0.333. The van der Waals surface area contributed by atoms with Crippen LogP contribution < -0.4 is 10.5 Å². The van der Waals surface area contributed by atoms with Crippen molar-refractivity contribution < 1.29 is 17.9 Å². The maximum absolute atomic E-state index is 13.1. The van der Waals surface area contributed by atoms with E-state index in [1.54, 1.807) is 31.4 Å². The maximum atomic E-state index is 13.1. The summed E-state index contributed by atoms with van der Waals surface area (Å²) >= 11 is 5.86. The van der Waals surface area contributed by atoms with Crippen LogP contribution in [0.1, 0.15) is 11.5 Å². The molecular formula is C18H20ClNO4S. The lowest BCUT2D eigenvalue weighted by atomic mass is 10.1. The van der Waals surface area contributed by atoms with Gasteiger partial charge in [-0.2, -0.15) is 0 Å². The molecule has 2 aromatic rings. The van der Waals surface area contributed by atoms with Crippen molar-refractivity contribution in [2.75, 3.05) is 20.8 Å². The van der Waals surface area contributed by atoms with Gasteiger partial charge in [0.2, 0.25) is 0 Å². The van der Waals surface area contributed by atoms with Crippen molar-refractivity contribution in [3.63, 3.8) is 0 Å². The Morgan fingerprint density at radius 3 is 2.20 bits per heavy atom. The fourth-order valence-corrected chi connectivity index (χ4v) is 5.80. The third-order valence-corrected chi connectivity index (χ3v) is 7.21. The Morgan fingerprint density at radius 1 is 1.08 bits per heavy atom. The molecule has 0 spiro atoms. The molecule has 0 bridgehead atoms. The van der Waals surface area contributed by atoms with E-state index < -0.39 is 20.6 Å². The van der Waals surface area contributed by atoms with Gasteiger partial charge in [-0.25, -0.2) is 8.42 Å². The predicted octanol–water partition coefficient (Wildman–Crippen LogP) is 2.63. The van der Waals surface area contributed by atoms with E-state index in [0.29, 0.717) is 10.8 Å². The molecule has 0 amide bonds. The van der Waals surface area contributed by atoms with E-state index in [-0.39, 0.29) is 17.4 Å². The van der Waals surface area contributed by atoms with Crippen molar-refractivity contribution >= 4 is 21.4 Å². The van der Waals surface area contributed by atoms with Crippen LogP contribution in [-0.2, 0) is 14.6 Å². The molecule has 0 radical (unpaired) electrons. The topological polar surface area (TPSA) is 78.6 Å². The zero-order valence-corrected chi connectivity index (χ0v) is 15.5. The third-order valence-electron chi connectivity index (χ3n) is 4.65. The van der Waals surface area contributed by atoms with Crippen molar-refractivity contribution in [1.82, 2.24) is 0 Å². The van der Waals surface area contributed by atoms with Crippen molar-refractivity contribution in [2.24, 2.45) is 5.73 Å². The average molecular weight is 382 g/mol. The highest BCUT2D eigenvalue weighted by Gasteiger charge is 2.69. The van der Waals surface area contributed by atoms with E-state index in [1.165, 1.54) is 19.2 Å². The first kappa shape index (κ1) is 18.2. The third kappa shape index (κ3) is 3.15. The number of ether oxygens (including phenoxy) is 2. The quantitative estimate of drug-likeness (QED) is 0.832. The minimum absolute atomic E-state index is 0.154. The normalized spacial score (nSPS) is 25.6. The van der Waals surface area contributed by atoms with E-state index in [0.717, 1.165) is 5.56 Å². The molecule has 0 saturated heterocycles. The van der Waals surface area contributed by atoms with Gasteiger partial charge in [-0.1, -0.05) is 23.7 Å². The van der Waals surface area contributed by atoms with Crippen molar-refractivity contribution in [1.29, 1.82) is 0 Å². The van der Waals surface area contributed by atoms with E-state index in [1.807, 2.05) is 12.1 Å². The standard InChI is InChI=1S/C18H20ClNO4S/c1-23-11-18(20)16(12-3-7-14(24-2)8-4-12)17(18)25(21,22)15-9-5-13(19)6-10-15/h3-10,16-17H,11,20H2,1-2H3/t16-,17-,18-/m0/s1. The lowest BCUT2D eigenvalue weighted by molar-refractivity contribution is 0.171. The molecular weight excluding hydrogens is 362 g/mol. The van der Waals surface area contributed by atoms with Crippen molar-refractivity contribution in [2.45, 2.75) is 21.6 Å². The zero-order chi connectivity index (χ0) is 18.2. The Morgan fingerprint density at radius 2 is 1.68 bits per heavy atom. The molecule has 25 heavy (non-hydrogen) atoms. The highest BCUT2D eigenvalue weighted by Crippen LogP contribution is 2.55. The van der Waals surface area contributed by atoms with Gasteiger partial charge in [0.05, 0.1) is 29.4 Å². The number of nitrogens with two attached hydrogens (primary N) is 1. The van der Waals surface area contributed by atoms with Crippen molar-refractivity contribution in [3.8, 4) is 5.75 Å². The van der Waals surface area contributed by atoms with E-state index in [4.69, 9.17) is 26.8 Å². The Hall–Kier alpha value is -1.60. The molecule has 5 nitrogen and oxygen atoms in total. The number of rotatable bonds is 6. The van der Waals surface area contributed by atoms with Gasteiger partial charge in [0.25, 0.3) is 0 Å². The number of methoxy groups -OCH3 is 2. The highest BCUT2D eigenvalue weighted by molar-refractivity contribution is 7.92. The van der Waals surface area contributed by atoms with Gasteiger partial charge in [-0.3, -0.25) is 0 Å². The van der Waals surface area contributed by atoms with Gasteiger partial charge in [0.1, 0.15) is 5.75 Å². The van der Waals surface area contributed by atoms with Gasteiger partial charge < -0.3 is 15.2 Å². The molecule has 1 aliphatic carbocycles. The summed E-state index contributed by atoms with van der Waals surface area (Å²) in [7, 11) is -0.521. The van der Waals surface area contributed by atoms with Crippen LogP contribution in [0.4, 0.5) is 0 Å². The molecule has 3 atom stereocenters. The summed E-state index contributed by atoms with van der Waals surface area (Å²) in [5.41, 5.74) is 6.32. The van der Waals surface area contributed by atoms with E-state index in [9.17, 15) is 8.42 Å². The second kappa shape index (κ2) is 6.61. The molecule has 3 rings (SSSR count). The van der Waals surface area contributed by atoms with Crippen LogP contribution in [0.3, 0.4) is 0 Å². The van der Waals surface area contributed by atoms with Gasteiger partial charge in [-0.15, -0.1) is 0 Å². The van der Waals surface area contributed by atoms with E-state index in [2.05, 4.69) is 0 Å². The first-order valence-electron chi connectivity index (χ1n) is 7.76. The van der Waals surface area contributed by atoms with Crippen LogP contribution in [-0.4, -0.2) is 40.0 Å². The van der Waals surface area contributed by atoms with Crippen molar-refractivity contribution in [3.05, 3.63) is 59.1 Å². The molecule has 1 fully saturated rings. The minimum atomic E-state index is -3.62. The molecule has 2 N–H and O–H groups in total. The van der Waals surface area contributed by atoms with Gasteiger partial charge in [-0.05, 0) is 42.0 Å². The molecule has 1 saturated carbocycles. The Kier molecular flexibility index (Phi) is 4.81. The lowest BCUT2D eigenvalue weighted by Crippen LogP contribution is -2.35. The Bertz CT molecular complexity index is 852. The molecule has 7 heteroatoms. The molecule has 2 aromatic carbocycles. The SMILES string of the molecule is COC[C@]1(N)[C@@H](c2ccc(OC)cc2)[C@@H]1S(=O)(=O)c1ccc(Cl)cc1. The Labute approximate surface area is 152 Å². The lowest BCUT2D eigenvalue weighted by Gasteiger charge is -2.11. The van der Waals surface area contributed by atoms with Gasteiger partial charge in [0, 0.05) is 18.1 Å². The summed E-state index contributed by atoms with van der Waals surface area (Å²) in [6.07, 6.45) is 0. The molecule has 0 aliphatic heterocycles. The predicted molar refractivity (Wildman–Crippen MR) is 97.0 cm³/mol. The summed E-state index contributed by atoms with van der Waals surface area (Å²) in [5.74, 6) is 0.356. The average Bonchev–Trinajstić information content (AvgIpc) is 3.22. The molecule has 0 unspecified atom stereocenters. The van der Waals surface area contributed by atoms with Crippen LogP contribution in [0.5, 0.6) is 5.75 Å². The zero-order valence-electron chi connectivity index (χ0n) is 14.0. The fourth-order valence-electron chi connectivity index (χ4n) is 3.38. The number of halogens is 1. The number of sulfone groups is 1. The smallest absolute Gasteiger partial charge is 0.183 e. The number of benzene rings is 2. The molecule has 1 aliphatic rings. The summed E-state index contributed by atoms with van der Waals surface area (Å²) in [6.45, 7) is 0.154. The second-order valence-electron chi connectivity index (χ2n) is 6.22. The number of hydrogen-bond acceptors (Lipinski definition) is 5. The van der Waals surface area contributed by atoms with Crippen LogP contribution in [0.15, 0.2) is 53.4 Å². The highest BCUT2D eigenvalue weighted by atomic mass is 35.5. The van der Waals surface area contributed by atoms with Gasteiger partial charge >= 0.3 is 0 Å². The monoisotopic (exact) mass is 381 g/mol. The Balaban J connectivity index is 1.99. The summed E-state index contributed by atoms with van der Waals surface area (Å²) in [4.78, 5) is 0.212. The minimum Gasteiger partial charge on any atom is -0.497 e. The largest absolute Gasteiger partial charge is 0.497 e. The number of hydrogen-bond donors (Lipinski definition) is 1. The molecule has 0 aromatic heterocycles. The summed E-state index contributed by atoms with van der Waals surface area (Å²) in [5, 5.41) is -0.271. The summed E-state index contributed by atoms with van der Waals surface area (Å²) < 4.78 is 36.6. The maximum Gasteiger partial charge on any atom is 0.183 e. The molecule has 0 heterocycles. The van der Waals surface area contributed by atoms with E-state index >= 15 is 0 Å². The van der Waals surface area contributed by atoms with Gasteiger partial charge in [0.15, 0.2) is 9.84 Å². The van der Waals surface area contributed by atoms with Crippen LogP contribution in [0.25, 0.3) is 0 Å². The second-order valence-corrected chi connectivity index (χ2v) is 8.72. The molecule has 134 valence electrons. The van der Waals surface area contributed by atoms with Crippen LogP contribution in [0.2, 0.25) is 5.02 Å². The van der Waals surface area contributed by atoms with Crippen LogP contribution >= 0.6 is 11.6 Å².